The third kappa shape index (κ3) is 1.74. The van der Waals surface area contributed by atoms with Crippen molar-refractivity contribution in [2.45, 2.75) is 25.3 Å². The van der Waals surface area contributed by atoms with Gasteiger partial charge in [-0.3, -0.25) is 4.79 Å². The van der Waals surface area contributed by atoms with Crippen molar-refractivity contribution in [3.8, 4) is 0 Å². The monoisotopic (exact) mass is 224 g/mol. The summed E-state index contributed by atoms with van der Waals surface area (Å²) in [6, 6.07) is 0.468. The Hall–Kier alpha value is -0.610. The molecule has 1 amide bonds. The van der Waals surface area contributed by atoms with E-state index in [1.54, 1.807) is 0 Å². The number of amides is 1. The van der Waals surface area contributed by atoms with Crippen LogP contribution in [0.2, 0.25) is 0 Å². The fourth-order valence-electron chi connectivity index (χ4n) is 3.16. The fraction of sp³-hybridized carbons (Fsp3) is 0.917. The Bertz CT molecular complexity index is 278. The van der Waals surface area contributed by atoms with Crippen LogP contribution in [0.3, 0.4) is 0 Å². The number of hydrogen-bond donors (Lipinski definition) is 1. The van der Waals surface area contributed by atoms with Crippen LogP contribution >= 0.6 is 0 Å². The van der Waals surface area contributed by atoms with Crippen molar-refractivity contribution in [1.29, 1.82) is 0 Å². The average molecular weight is 224 g/mol. The zero-order chi connectivity index (χ0) is 11.0. The van der Waals surface area contributed by atoms with Crippen molar-refractivity contribution in [2.24, 2.45) is 11.8 Å². The van der Waals surface area contributed by atoms with E-state index in [0.29, 0.717) is 17.9 Å². The van der Waals surface area contributed by atoms with E-state index in [9.17, 15) is 4.79 Å². The minimum Gasteiger partial charge on any atom is -0.379 e. The second kappa shape index (κ2) is 4.34. The molecular formula is C12H20N2O2. The second-order valence-electron chi connectivity index (χ2n) is 5.22. The summed E-state index contributed by atoms with van der Waals surface area (Å²) in [6.45, 7) is 4.12. The highest BCUT2D eigenvalue weighted by atomic mass is 16.5. The van der Waals surface area contributed by atoms with E-state index in [1.165, 1.54) is 19.3 Å². The lowest BCUT2D eigenvalue weighted by Gasteiger charge is -2.36. The van der Waals surface area contributed by atoms with Gasteiger partial charge in [-0.2, -0.15) is 0 Å². The molecule has 1 saturated carbocycles. The first-order chi connectivity index (χ1) is 7.86. The van der Waals surface area contributed by atoms with Crippen LogP contribution in [0.15, 0.2) is 0 Å². The summed E-state index contributed by atoms with van der Waals surface area (Å²) in [5.74, 6) is 1.19. The summed E-state index contributed by atoms with van der Waals surface area (Å²) in [5.41, 5.74) is 0. The Morgan fingerprint density at radius 3 is 2.94 bits per heavy atom. The molecule has 2 aliphatic heterocycles. The number of nitrogens with zero attached hydrogens (tertiary/aromatic N) is 1. The second-order valence-corrected chi connectivity index (χ2v) is 5.22. The molecular weight excluding hydrogens is 204 g/mol. The van der Waals surface area contributed by atoms with Gasteiger partial charge in [0, 0.05) is 31.6 Å². The summed E-state index contributed by atoms with van der Waals surface area (Å²) >= 11 is 0. The maximum absolute atomic E-state index is 12.3. The molecule has 90 valence electrons. The van der Waals surface area contributed by atoms with Crippen molar-refractivity contribution in [3.63, 3.8) is 0 Å². The van der Waals surface area contributed by atoms with Gasteiger partial charge < -0.3 is 15.0 Å². The summed E-state index contributed by atoms with van der Waals surface area (Å²) in [7, 11) is 0. The molecule has 4 nitrogen and oxygen atoms in total. The van der Waals surface area contributed by atoms with Gasteiger partial charge in [0.15, 0.2) is 0 Å². The average Bonchev–Trinajstić information content (AvgIpc) is 2.55. The first-order valence-corrected chi connectivity index (χ1v) is 6.45. The zero-order valence-electron chi connectivity index (χ0n) is 9.65. The summed E-state index contributed by atoms with van der Waals surface area (Å²) in [5, 5.41) is 3.18. The van der Waals surface area contributed by atoms with Crippen LogP contribution in [0.25, 0.3) is 0 Å². The van der Waals surface area contributed by atoms with Gasteiger partial charge >= 0.3 is 0 Å². The van der Waals surface area contributed by atoms with Crippen LogP contribution in [0, 0.1) is 11.8 Å². The number of carbonyl (C=O) groups excluding carboxylic acids is 1. The molecule has 3 aliphatic rings. The van der Waals surface area contributed by atoms with Crippen LogP contribution < -0.4 is 5.32 Å². The summed E-state index contributed by atoms with van der Waals surface area (Å²) in [4.78, 5) is 14.4. The number of hydrogen-bond acceptors (Lipinski definition) is 3. The first-order valence-electron chi connectivity index (χ1n) is 6.45. The lowest BCUT2D eigenvalue weighted by Crippen LogP contribution is -2.55. The molecule has 3 fully saturated rings. The minimum absolute atomic E-state index is 0.236. The Balaban J connectivity index is 1.72. The van der Waals surface area contributed by atoms with E-state index in [2.05, 4.69) is 10.2 Å². The lowest BCUT2D eigenvalue weighted by atomic mass is 9.98. The maximum atomic E-state index is 12.3. The number of rotatable bonds is 1. The molecule has 16 heavy (non-hydrogen) atoms. The predicted octanol–water partition coefficient (Wildman–Crippen LogP) is 0.233. The van der Waals surface area contributed by atoms with Crippen LogP contribution in [0.4, 0.5) is 0 Å². The van der Waals surface area contributed by atoms with Gasteiger partial charge in [-0.1, -0.05) is 6.42 Å². The van der Waals surface area contributed by atoms with Gasteiger partial charge in [0.25, 0.3) is 0 Å². The Labute approximate surface area is 96.3 Å². The minimum atomic E-state index is 0.236. The molecule has 0 unspecified atom stereocenters. The molecule has 1 N–H and O–H groups in total. The van der Waals surface area contributed by atoms with E-state index in [0.717, 1.165) is 32.8 Å². The highest BCUT2D eigenvalue weighted by Crippen LogP contribution is 2.32. The quantitative estimate of drug-likeness (QED) is 0.693. The Morgan fingerprint density at radius 2 is 2.19 bits per heavy atom. The van der Waals surface area contributed by atoms with E-state index in [1.807, 2.05) is 0 Å². The van der Waals surface area contributed by atoms with Gasteiger partial charge in [0.2, 0.25) is 5.91 Å². The van der Waals surface area contributed by atoms with Crippen molar-refractivity contribution < 1.29 is 9.53 Å². The van der Waals surface area contributed by atoms with Gasteiger partial charge in [-0.25, -0.2) is 0 Å². The van der Waals surface area contributed by atoms with Gasteiger partial charge in [-0.05, 0) is 12.8 Å². The number of carbonyl (C=O) groups is 1. The SMILES string of the molecule is O=C(C1CNC1)N1CCOC[C@H]2CCC[C@H]21. The number of nitrogens with one attached hydrogen (secondary N) is 1. The summed E-state index contributed by atoms with van der Waals surface area (Å²) in [6.07, 6.45) is 3.67. The molecule has 0 bridgehead atoms. The van der Waals surface area contributed by atoms with E-state index in [4.69, 9.17) is 4.74 Å². The third-order valence-corrected chi connectivity index (χ3v) is 4.24. The molecule has 0 radical (unpaired) electrons. The van der Waals surface area contributed by atoms with Crippen LogP contribution in [0.5, 0.6) is 0 Å². The molecule has 4 heteroatoms. The predicted molar refractivity (Wildman–Crippen MR) is 60.0 cm³/mol. The van der Waals surface area contributed by atoms with Crippen molar-refractivity contribution in [3.05, 3.63) is 0 Å². The van der Waals surface area contributed by atoms with Gasteiger partial charge in [0.05, 0.1) is 19.1 Å². The topological polar surface area (TPSA) is 41.6 Å². The molecule has 2 heterocycles. The fourth-order valence-corrected chi connectivity index (χ4v) is 3.16. The largest absolute Gasteiger partial charge is 0.379 e. The van der Waals surface area contributed by atoms with Crippen LogP contribution in [0.1, 0.15) is 19.3 Å². The highest BCUT2D eigenvalue weighted by Gasteiger charge is 2.39. The normalized spacial score (nSPS) is 35.4. The first kappa shape index (κ1) is 10.5. The van der Waals surface area contributed by atoms with E-state index >= 15 is 0 Å². The molecule has 0 spiro atoms. The number of ether oxygens (including phenoxy) is 1. The molecule has 0 aromatic carbocycles. The molecule has 2 atom stereocenters. The molecule has 1 aliphatic carbocycles. The van der Waals surface area contributed by atoms with Crippen molar-refractivity contribution in [1.82, 2.24) is 10.2 Å². The molecule has 3 rings (SSSR count). The highest BCUT2D eigenvalue weighted by molar-refractivity contribution is 5.80. The summed E-state index contributed by atoms with van der Waals surface area (Å²) < 4.78 is 5.61. The maximum Gasteiger partial charge on any atom is 0.228 e. The smallest absolute Gasteiger partial charge is 0.228 e. The van der Waals surface area contributed by atoms with Gasteiger partial charge in [-0.15, -0.1) is 0 Å². The Kier molecular flexibility index (Phi) is 2.86. The lowest BCUT2D eigenvalue weighted by molar-refractivity contribution is -0.139. The molecule has 0 aromatic heterocycles. The van der Waals surface area contributed by atoms with Crippen molar-refractivity contribution in [2.75, 3.05) is 32.8 Å². The standard InChI is InChI=1S/C12H20N2O2/c15-12(10-6-13-7-10)14-4-5-16-8-9-2-1-3-11(9)14/h9-11,13H,1-8H2/t9-,11-/m1/s1. The Morgan fingerprint density at radius 1 is 1.31 bits per heavy atom. The van der Waals surface area contributed by atoms with E-state index < -0.39 is 0 Å². The van der Waals surface area contributed by atoms with Crippen molar-refractivity contribution >= 4 is 5.91 Å². The number of fused-ring (bicyclic) bond motifs is 1. The van der Waals surface area contributed by atoms with Crippen LogP contribution in [-0.4, -0.2) is 49.7 Å². The zero-order valence-corrected chi connectivity index (χ0v) is 9.65. The third-order valence-electron chi connectivity index (χ3n) is 4.24. The van der Waals surface area contributed by atoms with E-state index in [-0.39, 0.29) is 5.92 Å². The van der Waals surface area contributed by atoms with Gasteiger partial charge in [0.1, 0.15) is 0 Å². The molecule has 2 saturated heterocycles. The molecule has 0 aromatic rings. The van der Waals surface area contributed by atoms with Crippen LogP contribution in [-0.2, 0) is 9.53 Å².